The van der Waals surface area contributed by atoms with Gasteiger partial charge >= 0.3 is 8.03 Å². The van der Waals surface area contributed by atoms with Crippen LogP contribution in [0.2, 0.25) is 0 Å². The fourth-order valence-electron chi connectivity index (χ4n) is 0.556. The van der Waals surface area contributed by atoms with E-state index in [1.807, 2.05) is 6.07 Å². The molecular weight excluding hydrogens is 166 g/mol. The molecule has 0 aliphatic rings. The minimum atomic E-state index is -2.15. The van der Waals surface area contributed by atoms with E-state index in [9.17, 15) is 4.57 Å². The normalized spacial score (nSPS) is 9.90. The second kappa shape index (κ2) is 4.51. The highest BCUT2D eigenvalue weighted by Gasteiger charge is 2.12. The van der Waals surface area contributed by atoms with E-state index in [1.165, 1.54) is 0 Å². The van der Waals surface area contributed by atoms with Gasteiger partial charge in [-0.1, -0.05) is 18.2 Å². The van der Waals surface area contributed by atoms with Crippen LogP contribution in [0.15, 0.2) is 30.3 Å². The van der Waals surface area contributed by atoms with Crippen molar-refractivity contribution in [1.29, 1.82) is 0 Å². The molecule has 0 spiro atoms. The largest absolute Gasteiger partial charge is 0.546 e. The van der Waals surface area contributed by atoms with Crippen LogP contribution >= 0.6 is 17.9 Å². The molecule has 0 saturated carbocycles. The summed E-state index contributed by atoms with van der Waals surface area (Å²) in [6.07, 6.45) is 0. The van der Waals surface area contributed by atoms with Crippen LogP contribution in [0.3, 0.4) is 0 Å². The summed E-state index contributed by atoms with van der Waals surface area (Å²) in [5, 5.41) is 0.479. The minimum Gasteiger partial charge on any atom is -0.156 e. The molecule has 2 atom stereocenters. The summed E-state index contributed by atoms with van der Waals surface area (Å²) in [6, 6.07) is 8.53. The van der Waals surface area contributed by atoms with Crippen LogP contribution in [0.25, 0.3) is 0 Å². The quantitative estimate of drug-likeness (QED) is 0.649. The maximum atomic E-state index is 10.3. The van der Waals surface area contributed by atoms with Gasteiger partial charge in [0.1, 0.15) is 0 Å². The van der Waals surface area contributed by atoms with Gasteiger partial charge in [0, 0.05) is 0 Å². The fourth-order valence-corrected chi connectivity index (χ4v) is 0.983. The third kappa shape index (κ3) is 2.53. The van der Waals surface area contributed by atoms with Gasteiger partial charge in [-0.05, 0) is 16.7 Å². The topological polar surface area (TPSA) is 37.3 Å². The minimum absolute atomic E-state index is 0. The molecule has 0 fully saturated rings. The molecule has 1 aromatic rings. The molecular formula is C6H9O2P2+. The first-order valence-electron chi connectivity index (χ1n) is 2.52. The summed E-state index contributed by atoms with van der Waals surface area (Å²) < 4.78 is 10.3. The van der Waals surface area contributed by atoms with E-state index in [0.717, 1.165) is 0 Å². The maximum absolute atomic E-state index is 10.3. The monoisotopic (exact) mass is 175 g/mol. The first kappa shape index (κ1) is 9.71. The number of rotatable bonds is 1. The van der Waals surface area contributed by atoms with Crippen molar-refractivity contribution in [1.82, 2.24) is 0 Å². The zero-order valence-electron chi connectivity index (χ0n) is 5.40. The van der Waals surface area contributed by atoms with Gasteiger partial charge in [0.15, 0.2) is 0 Å². The molecule has 0 amide bonds. The Hall–Kier alpha value is -0.290. The Morgan fingerprint density at radius 3 is 2.00 bits per heavy atom. The Morgan fingerprint density at radius 1 is 1.20 bits per heavy atom. The molecule has 10 heavy (non-hydrogen) atoms. The van der Waals surface area contributed by atoms with Crippen molar-refractivity contribution >= 4 is 23.2 Å². The van der Waals surface area contributed by atoms with Gasteiger partial charge in [-0.2, -0.15) is 14.8 Å². The molecule has 0 heterocycles. The van der Waals surface area contributed by atoms with E-state index in [1.54, 1.807) is 24.3 Å². The molecule has 0 aromatic heterocycles. The zero-order chi connectivity index (χ0) is 6.69. The number of hydrogen-bond acceptors (Lipinski definition) is 1. The molecule has 4 heteroatoms. The molecule has 2 nitrogen and oxygen atoms in total. The van der Waals surface area contributed by atoms with Crippen LogP contribution in [0, 0.1) is 0 Å². The van der Waals surface area contributed by atoms with E-state index in [4.69, 9.17) is 4.89 Å². The summed E-state index contributed by atoms with van der Waals surface area (Å²) in [6.45, 7) is 0. The molecule has 0 aliphatic carbocycles. The lowest BCUT2D eigenvalue weighted by molar-refractivity contribution is 0.513. The highest BCUT2D eigenvalue weighted by atomic mass is 31.1. The van der Waals surface area contributed by atoms with Crippen LogP contribution in [0.1, 0.15) is 0 Å². The van der Waals surface area contributed by atoms with Gasteiger partial charge in [-0.3, -0.25) is 0 Å². The number of hydrogen-bond donors (Lipinski definition) is 1. The summed E-state index contributed by atoms with van der Waals surface area (Å²) >= 11 is 0. The summed E-state index contributed by atoms with van der Waals surface area (Å²) in [5.41, 5.74) is 0. The lowest BCUT2D eigenvalue weighted by Gasteiger charge is -1.77. The highest BCUT2D eigenvalue weighted by Crippen LogP contribution is 2.10. The highest BCUT2D eigenvalue weighted by molar-refractivity contribution is 7.47. The first-order chi connectivity index (χ1) is 4.30. The average Bonchev–Trinajstić information content (AvgIpc) is 1.90. The first-order valence-corrected chi connectivity index (χ1v) is 3.73. The van der Waals surface area contributed by atoms with Crippen LogP contribution in [-0.2, 0) is 4.57 Å². The standard InChI is InChI=1S/C6H5O2P.H3P/c7-9(8)6-4-2-1-3-5-6;/h1-5H;1H3/p+1. The smallest absolute Gasteiger partial charge is 0.156 e. The van der Waals surface area contributed by atoms with Crippen LogP contribution < -0.4 is 5.30 Å². The van der Waals surface area contributed by atoms with Gasteiger partial charge in [-0.15, -0.1) is 0 Å². The molecule has 54 valence electrons. The summed E-state index contributed by atoms with van der Waals surface area (Å²) in [7, 11) is -2.15. The fraction of sp³-hybridized carbons (Fsp3) is 0. The number of benzene rings is 1. The molecule has 0 aliphatic heterocycles. The zero-order valence-corrected chi connectivity index (χ0v) is 7.71. The van der Waals surface area contributed by atoms with Crippen molar-refractivity contribution in [2.45, 2.75) is 0 Å². The second-order valence-corrected chi connectivity index (χ2v) is 2.67. The van der Waals surface area contributed by atoms with Gasteiger partial charge in [0.25, 0.3) is 0 Å². The lowest BCUT2D eigenvalue weighted by atomic mass is 10.4. The van der Waals surface area contributed by atoms with E-state index in [-0.39, 0.29) is 9.90 Å². The van der Waals surface area contributed by atoms with Crippen molar-refractivity contribution in [3.63, 3.8) is 0 Å². The Morgan fingerprint density at radius 2 is 1.70 bits per heavy atom. The van der Waals surface area contributed by atoms with E-state index in [2.05, 4.69) is 0 Å². The average molecular weight is 175 g/mol. The van der Waals surface area contributed by atoms with Crippen molar-refractivity contribution in [3.8, 4) is 0 Å². The van der Waals surface area contributed by atoms with Crippen molar-refractivity contribution in [3.05, 3.63) is 30.3 Å². The third-order valence-corrected chi connectivity index (χ3v) is 1.72. The Labute approximate surface area is 63.8 Å². The van der Waals surface area contributed by atoms with Crippen molar-refractivity contribution in [2.24, 2.45) is 0 Å². The van der Waals surface area contributed by atoms with Crippen LogP contribution in [0.4, 0.5) is 0 Å². The Bertz CT molecular complexity index is 210. The molecule has 0 saturated heterocycles. The summed E-state index contributed by atoms with van der Waals surface area (Å²) in [5.74, 6) is 0. The van der Waals surface area contributed by atoms with Gasteiger partial charge in [0.05, 0.1) is 0 Å². The van der Waals surface area contributed by atoms with E-state index < -0.39 is 8.03 Å². The predicted molar refractivity (Wildman–Crippen MR) is 47.0 cm³/mol. The van der Waals surface area contributed by atoms with Crippen molar-refractivity contribution < 1.29 is 9.46 Å². The molecule has 1 rings (SSSR count). The Kier molecular flexibility index (Phi) is 4.38. The molecule has 0 bridgehead atoms. The lowest BCUT2D eigenvalue weighted by Crippen LogP contribution is -1.91. The van der Waals surface area contributed by atoms with E-state index >= 15 is 0 Å². The van der Waals surface area contributed by atoms with E-state index in [0.29, 0.717) is 5.30 Å². The molecule has 2 unspecified atom stereocenters. The SMILES string of the molecule is O=[P+](O)c1ccccc1.P. The Balaban J connectivity index is 0.000000810. The second-order valence-electron chi connectivity index (χ2n) is 1.61. The molecule has 1 aromatic carbocycles. The third-order valence-electron chi connectivity index (χ3n) is 0.977. The van der Waals surface area contributed by atoms with Gasteiger partial charge < -0.3 is 0 Å². The van der Waals surface area contributed by atoms with Crippen LogP contribution in [-0.4, -0.2) is 4.89 Å². The van der Waals surface area contributed by atoms with Gasteiger partial charge in [-0.25, -0.2) is 0 Å². The molecule has 0 radical (unpaired) electrons. The summed E-state index contributed by atoms with van der Waals surface area (Å²) in [4.78, 5) is 8.53. The van der Waals surface area contributed by atoms with Gasteiger partial charge in [0.2, 0.25) is 5.30 Å². The van der Waals surface area contributed by atoms with Crippen molar-refractivity contribution in [2.75, 3.05) is 0 Å². The molecule has 1 N–H and O–H groups in total. The maximum Gasteiger partial charge on any atom is 0.546 e. The predicted octanol–water partition coefficient (Wildman–Crippen LogP) is 1.10. The van der Waals surface area contributed by atoms with Crippen LogP contribution in [0.5, 0.6) is 0 Å².